The first-order valence-corrected chi connectivity index (χ1v) is 9.54. The molecule has 0 saturated heterocycles. The summed E-state index contributed by atoms with van der Waals surface area (Å²) in [5, 5.41) is 9.83. The number of carboxylic acids is 1. The molecule has 0 aliphatic heterocycles. The number of aromatic nitrogens is 1. The Morgan fingerprint density at radius 1 is 1.07 bits per heavy atom. The smallest absolute Gasteiger partial charge is 0.335 e. The maximum atomic E-state index is 12.9. The lowest BCUT2D eigenvalue weighted by Gasteiger charge is -2.14. The summed E-state index contributed by atoms with van der Waals surface area (Å²) in [6.07, 6.45) is 1.59. The Morgan fingerprint density at radius 3 is 2.45 bits per heavy atom. The van der Waals surface area contributed by atoms with Gasteiger partial charge in [0, 0.05) is 17.6 Å². The summed E-state index contributed by atoms with van der Waals surface area (Å²) in [5.74, 6) is -0.711. The van der Waals surface area contributed by atoms with E-state index in [2.05, 4.69) is 4.98 Å². The Hall–Kier alpha value is -2.89. The normalized spacial score (nSPS) is 11.7. The van der Waals surface area contributed by atoms with E-state index in [1.807, 2.05) is 6.92 Å². The predicted molar refractivity (Wildman–Crippen MR) is 112 cm³/mol. The number of hydrogen-bond donors (Lipinski definition) is 1. The summed E-state index contributed by atoms with van der Waals surface area (Å²) in [4.78, 5) is 28.1. The number of nitrogens with zero attached hydrogens (tertiary/aromatic N) is 1. The van der Waals surface area contributed by atoms with Gasteiger partial charge in [-0.3, -0.25) is 4.79 Å². The van der Waals surface area contributed by atoms with E-state index >= 15 is 0 Å². The van der Waals surface area contributed by atoms with Crippen LogP contribution in [0.25, 0.3) is 0 Å². The quantitative estimate of drug-likeness (QED) is 0.448. The van der Waals surface area contributed by atoms with Gasteiger partial charge in [-0.2, -0.15) is 0 Å². The molecule has 0 unspecified atom stereocenters. The molecule has 1 N–H and O–H groups in total. The molecular weight excluding hydrogens is 413 g/mol. The molecule has 3 aromatic rings. The fourth-order valence-corrected chi connectivity index (χ4v) is 3.15. The average Bonchev–Trinajstić information content (AvgIpc) is 2.69. The van der Waals surface area contributed by atoms with E-state index < -0.39 is 5.97 Å². The molecule has 0 radical (unpaired) electrons. The molecule has 2 aromatic carbocycles. The largest absolute Gasteiger partial charge is 0.478 e. The zero-order chi connectivity index (χ0) is 21.0. The molecule has 0 aliphatic carbocycles. The van der Waals surface area contributed by atoms with Gasteiger partial charge in [0.1, 0.15) is 5.75 Å². The highest BCUT2D eigenvalue weighted by molar-refractivity contribution is 6.31. The monoisotopic (exact) mass is 429 g/mol. The predicted octanol–water partition coefficient (Wildman–Crippen LogP) is 6.26. The van der Waals surface area contributed by atoms with Crippen LogP contribution in [0.15, 0.2) is 60.8 Å². The number of rotatable bonds is 7. The van der Waals surface area contributed by atoms with E-state index in [0.717, 1.165) is 5.56 Å². The number of aromatic carboxylic acids is 1. The molecular formula is C22H17Cl2NO4. The van der Waals surface area contributed by atoms with Crippen molar-refractivity contribution in [3.8, 4) is 11.6 Å². The highest BCUT2D eigenvalue weighted by Crippen LogP contribution is 2.30. The third-order valence-electron chi connectivity index (χ3n) is 4.35. The SMILES string of the molecule is C[C@H](CC(=O)c1cc(Cl)cnc1Oc1cccc(Cl)c1)c1ccc(C(=O)O)cc1. The number of carboxylic acid groups (broad SMARTS) is 1. The molecule has 0 fully saturated rings. The van der Waals surface area contributed by atoms with Crippen molar-refractivity contribution in [2.75, 3.05) is 0 Å². The summed E-state index contributed by atoms with van der Waals surface area (Å²) in [5.41, 5.74) is 1.32. The Balaban J connectivity index is 1.80. The van der Waals surface area contributed by atoms with E-state index in [4.69, 9.17) is 33.0 Å². The van der Waals surface area contributed by atoms with Crippen molar-refractivity contribution in [1.29, 1.82) is 0 Å². The minimum Gasteiger partial charge on any atom is -0.478 e. The maximum absolute atomic E-state index is 12.9. The van der Waals surface area contributed by atoms with E-state index in [9.17, 15) is 9.59 Å². The first-order valence-electron chi connectivity index (χ1n) is 8.79. The average molecular weight is 430 g/mol. The number of carbonyl (C=O) groups is 2. The van der Waals surface area contributed by atoms with Crippen LogP contribution in [0.5, 0.6) is 11.6 Å². The molecule has 5 nitrogen and oxygen atoms in total. The van der Waals surface area contributed by atoms with Gasteiger partial charge in [0.05, 0.1) is 16.1 Å². The summed E-state index contributed by atoms with van der Waals surface area (Å²) in [6.45, 7) is 1.89. The molecule has 7 heteroatoms. The second kappa shape index (κ2) is 9.07. The Kier molecular flexibility index (Phi) is 6.52. The number of halogens is 2. The molecule has 0 amide bonds. The van der Waals surface area contributed by atoms with Crippen molar-refractivity contribution in [2.24, 2.45) is 0 Å². The lowest BCUT2D eigenvalue weighted by molar-refractivity contribution is 0.0696. The second-order valence-corrected chi connectivity index (χ2v) is 7.39. The van der Waals surface area contributed by atoms with Crippen LogP contribution in [0.4, 0.5) is 0 Å². The van der Waals surface area contributed by atoms with Crippen LogP contribution in [0.2, 0.25) is 10.0 Å². The minimum atomic E-state index is -0.993. The number of hydrogen-bond acceptors (Lipinski definition) is 4. The van der Waals surface area contributed by atoms with Crippen molar-refractivity contribution in [3.63, 3.8) is 0 Å². The molecule has 0 aliphatic rings. The summed E-state index contributed by atoms with van der Waals surface area (Å²) in [6, 6.07) is 14.8. The van der Waals surface area contributed by atoms with Gasteiger partial charge in [-0.1, -0.05) is 48.3 Å². The van der Waals surface area contributed by atoms with Gasteiger partial charge in [0.15, 0.2) is 5.78 Å². The van der Waals surface area contributed by atoms with Crippen LogP contribution in [0.3, 0.4) is 0 Å². The van der Waals surface area contributed by atoms with Crippen LogP contribution >= 0.6 is 23.2 Å². The Bertz CT molecular complexity index is 1050. The van der Waals surface area contributed by atoms with Crippen LogP contribution < -0.4 is 4.74 Å². The minimum absolute atomic E-state index is 0.136. The molecule has 0 spiro atoms. The van der Waals surface area contributed by atoms with E-state index in [1.54, 1.807) is 36.4 Å². The summed E-state index contributed by atoms with van der Waals surface area (Å²) < 4.78 is 5.76. The second-order valence-electron chi connectivity index (χ2n) is 6.52. The Labute approximate surface area is 177 Å². The molecule has 1 heterocycles. The summed E-state index contributed by atoms with van der Waals surface area (Å²) in [7, 11) is 0. The van der Waals surface area contributed by atoms with Gasteiger partial charge in [-0.25, -0.2) is 9.78 Å². The lowest BCUT2D eigenvalue weighted by Crippen LogP contribution is -2.08. The molecule has 0 bridgehead atoms. The number of ketones is 1. The van der Waals surface area contributed by atoms with Crippen LogP contribution in [-0.4, -0.2) is 21.8 Å². The third-order valence-corrected chi connectivity index (χ3v) is 4.79. The molecule has 3 rings (SSSR count). The topological polar surface area (TPSA) is 76.5 Å². The van der Waals surface area contributed by atoms with Gasteiger partial charge in [0.2, 0.25) is 5.88 Å². The molecule has 1 atom stereocenters. The molecule has 0 saturated carbocycles. The van der Waals surface area contributed by atoms with Crippen LogP contribution in [0, 0.1) is 0 Å². The van der Waals surface area contributed by atoms with Crippen molar-refractivity contribution >= 4 is 35.0 Å². The summed E-state index contributed by atoms with van der Waals surface area (Å²) >= 11 is 12.0. The highest BCUT2D eigenvalue weighted by atomic mass is 35.5. The van der Waals surface area contributed by atoms with E-state index in [-0.39, 0.29) is 35.1 Å². The zero-order valence-electron chi connectivity index (χ0n) is 15.4. The van der Waals surface area contributed by atoms with Crippen LogP contribution in [0.1, 0.15) is 45.5 Å². The fraction of sp³-hybridized carbons (Fsp3) is 0.136. The number of carbonyl (C=O) groups excluding carboxylic acids is 1. The lowest BCUT2D eigenvalue weighted by atomic mass is 9.93. The van der Waals surface area contributed by atoms with E-state index in [1.165, 1.54) is 24.4 Å². The van der Waals surface area contributed by atoms with Crippen molar-refractivity contribution < 1.29 is 19.4 Å². The number of ether oxygens (including phenoxy) is 1. The standard InChI is InChI=1S/C22H17Cl2NO4/c1-13(14-5-7-15(8-6-14)22(27)28)9-20(26)19-11-17(24)12-25-21(19)29-18-4-2-3-16(23)10-18/h2-8,10-13H,9H2,1H3,(H,27,28)/t13-/m1/s1. The highest BCUT2D eigenvalue weighted by Gasteiger charge is 2.19. The van der Waals surface area contributed by atoms with Crippen molar-refractivity contribution in [2.45, 2.75) is 19.3 Å². The molecule has 148 valence electrons. The molecule has 1 aromatic heterocycles. The third kappa shape index (κ3) is 5.34. The van der Waals surface area contributed by atoms with Gasteiger partial charge < -0.3 is 9.84 Å². The molecule has 29 heavy (non-hydrogen) atoms. The number of Topliss-reactive ketones (excluding diaryl/α,β-unsaturated/α-hetero) is 1. The van der Waals surface area contributed by atoms with E-state index in [0.29, 0.717) is 15.8 Å². The van der Waals surface area contributed by atoms with Gasteiger partial charge >= 0.3 is 5.97 Å². The van der Waals surface area contributed by atoms with Crippen LogP contribution in [-0.2, 0) is 0 Å². The van der Waals surface area contributed by atoms with Crippen molar-refractivity contribution in [3.05, 3.63) is 87.5 Å². The number of pyridine rings is 1. The fourth-order valence-electron chi connectivity index (χ4n) is 2.81. The zero-order valence-corrected chi connectivity index (χ0v) is 16.9. The van der Waals surface area contributed by atoms with Crippen molar-refractivity contribution in [1.82, 2.24) is 4.98 Å². The first kappa shape index (κ1) is 20.8. The maximum Gasteiger partial charge on any atom is 0.335 e. The van der Waals surface area contributed by atoms with Gasteiger partial charge in [-0.05, 0) is 47.9 Å². The Morgan fingerprint density at radius 2 is 1.79 bits per heavy atom. The first-order chi connectivity index (χ1) is 13.8. The number of benzene rings is 2. The van der Waals surface area contributed by atoms with Gasteiger partial charge in [-0.15, -0.1) is 0 Å². The van der Waals surface area contributed by atoms with Gasteiger partial charge in [0.25, 0.3) is 0 Å².